The lowest BCUT2D eigenvalue weighted by Gasteiger charge is -2.21. The van der Waals surface area contributed by atoms with E-state index in [1.807, 2.05) is 6.92 Å². The molecule has 0 aliphatic rings. The number of allylic oxidation sites excluding steroid dienone is 2. The van der Waals surface area contributed by atoms with Gasteiger partial charge in [-0.15, -0.1) is 0 Å². The third-order valence-electron chi connectivity index (χ3n) is 3.16. The number of hydrogen-bond acceptors (Lipinski definition) is 4. The van der Waals surface area contributed by atoms with Crippen LogP contribution in [0.25, 0.3) is 0 Å². The molecule has 18 heavy (non-hydrogen) atoms. The topological polar surface area (TPSA) is 62.5 Å². The van der Waals surface area contributed by atoms with Gasteiger partial charge < -0.3 is 4.74 Å². The quantitative estimate of drug-likeness (QED) is 0.328. The Hall–Kier alpha value is -1.45. The van der Waals surface area contributed by atoms with Crippen molar-refractivity contribution in [2.24, 2.45) is 16.8 Å². The van der Waals surface area contributed by atoms with Gasteiger partial charge in [-0.3, -0.25) is 15.2 Å². The van der Waals surface area contributed by atoms with Crippen molar-refractivity contribution in [1.29, 1.82) is 5.41 Å². The highest BCUT2D eigenvalue weighted by Crippen LogP contribution is 2.19. The van der Waals surface area contributed by atoms with Gasteiger partial charge in [-0.05, 0) is 25.2 Å². The molecule has 0 aliphatic heterocycles. The molecule has 0 aliphatic carbocycles. The zero-order valence-electron chi connectivity index (χ0n) is 11.9. The molecule has 1 N–H and O–H groups in total. The first-order chi connectivity index (χ1) is 8.47. The third-order valence-corrected chi connectivity index (χ3v) is 3.16. The van der Waals surface area contributed by atoms with Gasteiger partial charge in [-0.2, -0.15) is 0 Å². The number of carbonyl (C=O) groups is 1. The van der Waals surface area contributed by atoms with Gasteiger partial charge in [-0.1, -0.05) is 32.9 Å². The predicted octanol–water partition coefficient (Wildman–Crippen LogP) is 2.88. The lowest BCUT2D eigenvalue weighted by Crippen LogP contribution is -2.24. The second-order valence-corrected chi connectivity index (χ2v) is 4.46. The third kappa shape index (κ3) is 5.25. The molecule has 3 atom stereocenters. The van der Waals surface area contributed by atoms with Crippen LogP contribution in [0.1, 0.15) is 34.1 Å². The molecule has 0 fully saturated rings. The first kappa shape index (κ1) is 16.6. The number of ether oxygens (including phenoxy) is 1. The number of rotatable bonds is 7. The summed E-state index contributed by atoms with van der Waals surface area (Å²) >= 11 is 0. The van der Waals surface area contributed by atoms with E-state index in [0.717, 1.165) is 6.42 Å². The van der Waals surface area contributed by atoms with E-state index < -0.39 is 0 Å². The van der Waals surface area contributed by atoms with E-state index in [9.17, 15) is 4.79 Å². The maximum absolute atomic E-state index is 10.8. The second kappa shape index (κ2) is 8.61. The number of aldehydes is 1. The number of nitrogens with zero attached hydrogens (tertiary/aromatic N) is 1. The molecule has 0 bridgehead atoms. The molecule has 4 nitrogen and oxygen atoms in total. The lowest BCUT2D eigenvalue weighted by atomic mass is 9.89. The molecular weight excluding hydrogens is 228 g/mol. The standard InChI is InChI=1S/C14H24N2O2/c1-6-7-8-10(2)11(3)12(4)16-13(9-17)14(15)18-5/h7-12,15H,6H2,1-5H3/b8-7-,15-14?,16-13-/t10?,11-,12?/m1/s1. The Morgan fingerprint density at radius 3 is 2.44 bits per heavy atom. The summed E-state index contributed by atoms with van der Waals surface area (Å²) in [6.07, 6.45) is 5.89. The minimum absolute atomic E-state index is 0.0304. The Morgan fingerprint density at radius 1 is 1.39 bits per heavy atom. The minimum atomic E-state index is -0.180. The summed E-state index contributed by atoms with van der Waals surface area (Å²) in [5, 5.41) is 7.45. The summed E-state index contributed by atoms with van der Waals surface area (Å²) in [7, 11) is 1.36. The maximum Gasteiger partial charge on any atom is 0.235 e. The Kier molecular flexibility index (Phi) is 7.92. The normalized spacial score (nSPS) is 17.3. The molecule has 0 radical (unpaired) electrons. The van der Waals surface area contributed by atoms with E-state index in [1.165, 1.54) is 7.11 Å². The van der Waals surface area contributed by atoms with Crippen LogP contribution in [0.15, 0.2) is 17.1 Å². The van der Waals surface area contributed by atoms with Gasteiger partial charge in [-0.25, -0.2) is 0 Å². The first-order valence-corrected chi connectivity index (χ1v) is 6.30. The highest BCUT2D eigenvalue weighted by atomic mass is 16.5. The van der Waals surface area contributed by atoms with Crippen molar-refractivity contribution in [2.75, 3.05) is 7.11 Å². The van der Waals surface area contributed by atoms with Gasteiger partial charge in [0, 0.05) is 0 Å². The van der Waals surface area contributed by atoms with Crippen LogP contribution in [0.5, 0.6) is 0 Å². The number of aliphatic imine (C=N–C) groups is 1. The van der Waals surface area contributed by atoms with Crippen molar-refractivity contribution in [3.63, 3.8) is 0 Å². The highest BCUT2D eigenvalue weighted by Gasteiger charge is 2.18. The van der Waals surface area contributed by atoms with Gasteiger partial charge in [0.25, 0.3) is 0 Å². The fourth-order valence-electron chi connectivity index (χ4n) is 1.55. The highest BCUT2D eigenvalue weighted by molar-refractivity contribution is 6.59. The van der Waals surface area contributed by atoms with Crippen molar-refractivity contribution in [2.45, 2.75) is 40.2 Å². The summed E-state index contributed by atoms with van der Waals surface area (Å²) < 4.78 is 4.72. The molecule has 0 saturated carbocycles. The number of methoxy groups -OCH3 is 1. The van der Waals surface area contributed by atoms with Crippen LogP contribution >= 0.6 is 0 Å². The monoisotopic (exact) mass is 252 g/mol. The summed E-state index contributed by atoms with van der Waals surface area (Å²) in [5.74, 6) is 0.501. The van der Waals surface area contributed by atoms with E-state index in [2.05, 4.69) is 37.9 Å². The molecule has 0 saturated heterocycles. The summed E-state index contributed by atoms with van der Waals surface area (Å²) in [6, 6.07) is -0.0304. The van der Waals surface area contributed by atoms with Crippen LogP contribution in [0, 0.1) is 17.2 Å². The van der Waals surface area contributed by atoms with E-state index in [0.29, 0.717) is 18.1 Å². The summed E-state index contributed by atoms with van der Waals surface area (Å²) in [5.41, 5.74) is 0.0727. The molecule has 4 heteroatoms. The van der Waals surface area contributed by atoms with Crippen LogP contribution < -0.4 is 0 Å². The Bertz CT molecular complexity index is 335. The second-order valence-electron chi connectivity index (χ2n) is 4.46. The average molecular weight is 252 g/mol. The fourth-order valence-corrected chi connectivity index (χ4v) is 1.55. The summed E-state index contributed by atoms with van der Waals surface area (Å²) in [4.78, 5) is 15.1. The molecule has 0 amide bonds. The zero-order valence-corrected chi connectivity index (χ0v) is 11.9. The molecule has 102 valence electrons. The van der Waals surface area contributed by atoms with Crippen molar-refractivity contribution in [3.8, 4) is 0 Å². The van der Waals surface area contributed by atoms with Gasteiger partial charge >= 0.3 is 0 Å². The van der Waals surface area contributed by atoms with Crippen LogP contribution in [-0.4, -0.2) is 31.0 Å². The van der Waals surface area contributed by atoms with Gasteiger partial charge in [0.05, 0.1) is 13.2 Å². The molecular formula is C14H24N2O2. The molecule has 0 rings (SSSR count). The lowest BCUT2D eigenvalue weighted by molar-refractivity contribution is -0.102. The van der Waals surface area contributed by atoms with Crippen molar-refractivity contribution in [1.82, 2.24) is 0 Å². The van der Waals surface area contributed by atoms with E-state index in [4.69, 9.17) is 10.1 Å². The molecule has 2 unspecified atom stereocenters. The molecule has 0 aromatic rings. The smallest absolute Gasteiger partial charge is 0.235 e. The SMILES string of the molecule is CC/C=C\C(C)[C@@H](C)C(C)/N=C(/C=O)C(=N)OC. The first-order valence-electron chi connectivity index (χ1n) is 6.30. The van der Waals surface area contributed by atoms with Gasteiger partial charge in [0.2, 0.25) is 5.90 Å². The van der Waals surface area contributed by atoms with Crippen LogP contribution in [0.4, 0.5) is 0 Å². The molecule has 0 aromatic carbocycles. The minimum Gasteiger partial charge on any atom is -0.480 e. The van der Waals surface area contributed by atoms with Crippen molar-refractivity contribution >= 4 is 17.9 Å². The Morgan fingerprint density at radius 2 is 2.00 bits per heavy atom. The summed E-state index contributed by atoms with van der Waals surface area (Å²) in [6.45, 7) is 8.27. The molecule has 0 aromatic heterocycles. The van der Waals surface area contributed by atoms with Crippen LogP contribution in [-0.2, 0) is 9.53 Å². The largest absolute Gasteiger partial charge is 0.480 e. The van der Waals surface area contributed by atoms with Crippen LogP contribution in [0.2, 0.25) is 0 Å². The van der Waals surface area contributed by atoms with E-state index >= 15 is 0 Å². The molecule has 0 spiro atoms. The van der Waals surface area contributed by atoms with E-state index in [-0.39, 0.29) is 17.7 Å². The Labute approximate surface area is 110 Å². The number of hydrogen-bond donors (Lipinski definition) is 1. The van der Waals surface area contributed by atoms with Crippen molar-refractivity contribution in [3.05, 3.63) is 12.2 Å². The van der Waals surface area contributed by atoms with Crippen LogP contribution in [0.3, 0.4) is 0 Å². The average Bonchev–Trinajstić information content (AvgIpc) is 2.39. The van der Waals surface area contributed by atoms with Gasteiger partial charge in [0.15, 0.2) is 12.0 Å². The van der Waals surface area contributed by atoms with E-state index in [1.54, 1.807) is 0 Å². The fraction of sp³-hybridized carbons (Fsp3) is 0.643. The zero-order chi connectivity index (χ0) is 14.1. The number of carbonyl (C=O) groups excluding carboxylic acids is 1. The molecule has 0 heterocycles. The van der Waals surface area contributed by atoms with Crippen molar-refractivity contribution < 1.29 is 9.53 Å². The predicted molar refractivity (Wildman–Crippen MR) is 75.5 cm³/mol. The maximum atomic E-state index is 10.8. The van der Waals surface area contributed by atoms with Gasteiger partial charge in [0.1, 0.15) is 0 Å². The Balaban J connectivity index is 4.76. The number of nitrogens with one attached hydrogen (secondary N) is 1.